The molecule has 0 saturated carbocycles. The number of methoxy groups -OCH3 is 1. The highest BCUT2D eigenvalue weighted by Gasteiger charge is 2.15. The van der Waals surface area contributed by atoms with Crippen LogP contribution in [0.15, 0.2) is 48.7 Å². The molecule has 5 N–H and O–H groups in total. The zero-order valence-electron chi connectivity index (χ0n) is 19.2. The standard InChI is InChI=1S/C24H23ClN6O4/c1-12(2)18-11-22(31-30-18)29-24(33)28-17-5-4-13(8-16(17)25)35-20-6-7-27-19-10-21(34-3)15(23(26)32)9-14(19)20/h4-12H,1-3H3,(H2,26,32)(H3,28,29,30,31,33). The number of carbonyl (C=O) groups excluding carboxylic acids is 2. The number of rotatable bonds is 7. The number of amides is 3. The number of ether oxygens (including phenoxy) is 2. The van der Waals surface area contributed by atoms with Gasteiger partial charge in [0, 0.05) is 35.5 Å². The van der Waals surface area contributed by atoms with Crippen LogP contribution in [0.25, 0.3) is 10.9 Å². The van der Waals surface area contributed by atoms with Gasteiger partial charge in [0.25, 0.3) is 5.91 Å². The maximum Gasteiger partial charge on any atom is 0.324 e. The summed E-state index contributed by atoms with van der Waals surface area (Å²) in [5.41, 5.74) is 7.54. The van der Waals surface area contributed by atoms with Gasteiger partial charge < -0.3 is 20.5 Å². The van der Waals surface area contributed by atoms with E-state index in [1.54, 1.807) is 48.7 Å². The van der Waals surface area contributed by atoms with E-state index in [4.69, 9.17) is 26.8 Å². The van der Waals surface area contributed by atoms with E-state index in [-0.39, 0.29) is 16.5 Å². The maximum absolute atomic E-state index is 12.4. The second kappa shape index (κ2) is 9.90. The Kier molecular flexibility index (Phi) is 6.74. The Morgan fingerprint density at radius 3 is 2.54 bits per heavy atom. The van der Waals surface area contributed by atoms with Gasteiger partial charge in [0.2, 0.25) is 0 Å². The van der Waals surface area contributed by atoms with Crippen molar-refractivity contribution in [3.63, 3.8) is 0 Å². The second-order valence-electron chi connectivity index (χ2n) is 7.93. The summed E-state index contributed by atoms with van der Waals surface area (Å²) in [5.74, 6) is 1.20. The lowest BCUT2D eigenvalue weighted by Crippen LogP contribution is -2.19. The first-order valence-electron chi connectivity index (χ1n) is 10.6. The molecular weight excluding hydrogens is 472 g/mol. The summed E-state index contributed by atoms with van der Waals surface area (Å²) >= 11 is 6.38. The summed E-state index contributed by atoms with van der Waals surface area (Å²) in [7, 11) is 1.45. The zero-order chi connectivity index (χ0) is 25.1. The van der Waals surface area contributed by atoms with Crippen molar-refractivity contribution in [2.24, 2.45) is 5.73 Å². The molecule has 0 fully saturated rings. The molecule has 3 amide bonds. The highest BCUT2D eigenvalue weighted by Crippen LogP contribution is 2.35. The van der Waals surface area contributed by atoms with Gasteiger partial charge in [0.05, 0.1) is 28.9 Å². The van der Waals surface area contributed by atoms with Crippen LogP contribution in [0.2, 0.25) is 5.02 Å². The smallest absolute Gasteiger partial charge is 0.324 e. The fourth-order valence-corrected chi connectivity index (χ4v) is 3.57. The molecule has 0 aliphatic carbocycles. The first-order valence-corrected chi connectivity index (χ1v) is 11.0. The number of hydrogen-bond acceptors (Lipinski definition) is 6. The summed E-state index contributed by atoms with van der Waals surface area (Å²) in [5, 5.41) is 13.1. The number of H-pyrrole nitrogens is 1. The molecule has 0 aliphatic heterocycles. The molecule has 0 spiro atoms. The Labute approximate surface area is 205 Å². The minimum absolute atomic E-state index is 0.207. The molecule has 2 aromatic heterocycles. The van der Waals surface area contributed by atoms with Crippen molar-refractivity contribution < 1.29 is 19.1 Å². The predicted molar refractivity (Wildman–Crippen MR) is 134 cm³/mol. The van der Waals surface area contributed by atoms with E-state index in [0.29, 0.717) is 39.7 Å². The summed E-state index contributed by atoms with van der Waals surface area (Å²) < 4.78 is 11.2. The topological polar surface area (TPSA) is 144 Å². The van der Waals surface area contributed by atoms with Gasteiger partial charge in [0.1, 0.15) is 17.2 Å². The van der Waals surface area contributed by atoms with Crippen molar-refractivity contribution in [3.05, 3.63) is 64.9 Å². The number of benzene rings is 2. The summed E-state index contributed by atoms with van der Waals surface area (Å²) in [6, 6.07) is 10.9. The number of nitrogens with one attached hydrogen (secondary N) is 3. The van der Waals surface area contributed by atoms with Gasteiger partial charge in [0.15, 0.2) is 5.82 Å². The van der Waals surface area contributed by atoms with E-state index in [9.17, 15) is 9.59 Å². The third-order valence-electron chi connectivity index (χ3n) is 5.17. The lowest BCUT2D eigenvalue weighted by Gasteiger charge is -2.13. The Bertz CT molecular complexity index is 1420. The average molecular weight is 495 g/mol. The van der Waals surface area contributed by atoms with Crippen molar-refractivity contribution in [2.45, 2.75) is 19.8 Å². The lowest BCUT2D eigenvalue weighted by atomic mass is 10.1. The van der Waals surface area contributed by atoms with Gasteiger partial charge in [-0.05, 0) is 30.2 Å². The second-order valence-corrected chi connectivity index (χ2v) is 8.34. The van der Waals surface area contributed by atoms with Crippen LogP contribution in [0.4, 0.5) is 16.3 Å². The van der Waals surface area contributed by atoms with Crippen LogP contribution in [-0.4, -0.2) is 34.2 Å². The van der Waals surface area contributed by atoms with Crippen LogP contribution in [0.3, 0.4) is 0 Å². The molecule has 4 rings (SSSR count). The van der Waals surface area contributed by atoms with Gasteiger partial charge in [-0.1, -0.05) is 25.4 Å². The van der Waals surface area contributed by atoms with Gasteiger partial charge >= 0.3 is 6.03 Å². The molecule has 0 saturated heterocycles. The number of urea groups is 1. The van der Waals surface area contributed by atoms with Gasteiger partial charge in [-0.2, -0.15) is 5.10 Å². The number of fused-ring (bicyclic) bond motifs is 1. The lowest BCUT2D eigenvalue weighted by molar-refractivity contribution is 0.0997. The fourth-order valence-electron chi connectivity index (χ4n) is 3.35. The number of aromatic amines is 1. The van der Waals surface area contributed by atoms with E-state index >= 15 is 0 Å². The van der Waals surface area contributed by atoms with Crippen LogP contribution < -0.4 is 25.8 Å². The van der Waals surface area contributed by atoms with Crippen LogP contribution >= 0.6 is 11.6 Å². The largest absolute Gasteiger partial charge is 0.496 e. The molecule has 11 heteroatoms. The third kappa shape index (κ3) is 5.28. The molecule has 4 aromatic rings. The maximum atomic E-state index is 12.4. The summed E-state index contributed by atoms with van der Waals surface area (Å²) in [4.78, 5) is 28.5. The first kappa shape index (κ1) is 23.8. The molecule has 0 aliphatic rings. The molecule has 0 atom stereocenters. The minimum Gasteiger partial charge on any atom is -0.496 e. The van der Waals surface area contributed by atoms with E-state index in [0.717, 1.165) is 5.69 Å². The van der Waals surface area contributed by atoms with Gasteiger partial charge in [-0.25, -0.2) is 4.79 Å². The quantitative estimate of drug-likeness (QED) is 0.275. The molecule has 180 valence electrons. The van der Waals surface area contributed by atoms with Crippen molar-refractivity contribution in [2.75, 3.05) is 17.7 Å². The predicted octanol–water partition coefficient (Wildman–Crippen LogP) is 5.28. The minimum atomic E-state index is -0.634. The van der Waals surface area contributed by atoms with E-state index < -0.39 is 11.9 Å². The summed E-state index contributed by atoms with van der Waals surface area (Å²) in [6.45, 7) is 4.03. The zero-order valence-corrected chi connectivity index (χ0v) is 19.9. The van der Waals surface area contributed by atoms with Crippen molar-refractivity contribution in [3.8, 4) is 17.2 Å². The van der Waals surface area contributed by atoms with Gasteiger partial charge in [-0.3, -0.25) is 20.2 Å². The number of anilines is 2. The number of aromatic nitrogens is 3. The first-order chi connectivity index (χ1) is 16.7. The highest BCUT2D eigenvalue weighted by molar-refractivity contribution is 6.34. The highest BCUT2D eigenvalue weighted by atomic mass is 35.5. The van der Waals surface area contributed by atoms with Crippen molar-refractivity contribution in [1.82, 2.24) is 15.2 Å². The monoisotopic (exact) mass is 494 g/mol. The SMILES string of the molecule is COc1cc2nccc(Oc3ccc(NC(=O)Nc4cc(C(C)C)[nH]n4)c(Cl)c3)c2cc1C(N)=O. The summed E-state index contributed by atoms with van der Waals surface area (Å²) in [6.07, 6.45) is 1.57. The van der Waals surface area contributed by atoms with E-state index in [2.05, 4.69) is 25.8 Å². The third-order valence-corrected chi connectivity index (χ3v) is 5.48. The number of pyridine rings is 1. The number of halogens is 1. The number of nitrogens with two attached hydrogens (primary N) is 1. The molecule has 0 bridgehead atoms. The Morgan fingerprint density at radius 2 is 1.89 bits per heavy atom. The molecule has 2 aromatic carbocycles. The van der Waals surface area contributed by atoms with Crippen LogP contribution in [0, 0.1) is 0 Å². The molecule has 10 nitrogen and oxygen atoms in total. The Balaban J connectivity index is 1.52. The van der Waals surface area contributed by atoms with E-state index in [1.165, 1.54) is 7.11 Å². The molecule has 35 heavy (non-hydrogen) atoms. The normalized spacial score (nSPS) is 10.9. The average Bonchev–Trinajstić information content (AvgIpc) is 3.29. The van der Waals surface area contributed by atoms with Crippen LogP contribution in [-0.2, 0) is 0 Å². The number of carbonyl (C=O) groups is 2. The number of hydrogen-bond donors (Lipinski definition) is 4. The fraction of sp³-hybridized carbons (Fsp3) is 0.167. The van der Waals surface area contributed by atoms with Crippen LogP contribution in [0.1, 0.15) is 35.8 Å². The van der Waals surface area contributed by atoms with Gasteiger partial charge in [-0.15, -0.1) is 0 Å². The Hall–Kier alpha value is -4.31. The van der Waals surface area contributed by atoms with Crippen LogP contribution in [0.5, 0.6) is 17.2 Å². The van der Waals surface area contributed by atoms with E-state index in [1.807, 2.05) is 13.8 Å². The molecule has 0 radical (unpaired) electrons. The molecule has 0 unspecified atom stereocenters. The van der Waals surface area contributed by atoms with Crippen molar-refractivity contribution in [1.29, 1.82) is 0 Å². The van der Waals surface area contributed by atoms with Crippen molar-refractivity contribution >= 4 is 45.9 Å². The number of primary amides is 1. The molecule has 2 heterocycles. The molecular formula is C24H23ClN6O4. The Morgan fingerprint density at radius 1 is 1.09 bits per heavy atom. The number of nitrogens with zero attached hydrogens (tertiary/aromatic N) is 2.